The first-order chi connectivity index (χ1) is 14.8. The maximum atomic E-state index is 13.6. The minimum absolute atomic E-state index is 0.0562. The van der Waals surface area contributed by atoms with Crippen LogP contribution in [0.1, 0.15) is 37.0 Å². The number of esters is 1. The van der Waals surface area contributed by atoms with Crippen LogP contribution in [-0.4, -0.2) is 37.0 Å². The zero-order valence-corrected chi connectivity index (χ0v) is 17.2. The zero-order valence-electron chi connectivity index (χ0n) is 17.2. The first-order valence-corrected chi connectivity index (χ1v) is 9.77. The van der Waals surface area contributed by atoms with Gasteiger partial charge >= 0.3 is 5.97 Å². The molecule has 2 rings (SSSR count). The Labute approximate surface area is 178 Å². The van der Waals surface area contributed by atoms with Crippen LogP contribution in [-0.2, 0) is 14.3 Å². The highest BCUT2D eigenvalue weighted by molar-refractivity contribution is 5.96. The number of carbonyl (C=O) groups excluding carboxylic acids is 3. The Morgan fingerprint density at radius 2 is 1.84 bits per heavy atom. The molecule has 7 nitrogen and oxygen atoms in total. The summed E-state index contributed by atoms with van der Waals surface area (Å²) in [6.07, 6.45) is -0.876. The summed E-state index contributed by atoms with van der Waals surface area (Å²) in [6, 6.07) is 9.53. The fourth-order valence-electron chi connectivity index (χ4n) is 2.60. The predicted molar refractivity (Wildman–Crippen MR) is 110 cm³/mol. The number of ether oxygens (including phenoxy) is 2. The smallest absolute Gasteiger partial charge is 0.306 e. The monoisotopic (exact) mass is 434 g/mol. The number of hydrogen-bond donors (Lipinski definition) is 2. The summed E-state index contributed by atoms with van der Waals surface area (Å²) >= 11 is 0. The molecule has 2 aromatic carbocycles. The molecule has 0 radical (unpaired) electrons. The van der Waals surface area contributed by atoms with Crippen LogP contribution in [0.3, 0.4) is 0 Å². The maximum Gasteiger partial charge on any atom is 0.306 e. The Morgan fingerprint density at radius 3 is 2.55 bits per heavy atom. The first-order valence-electron chi connectivity index (χ1n) is 9.77. The van der Waals surface area contributed by atoms with E-state index < -0.39 is 35.5 Å². The molecule has 1 atom stereocenters. The lowest BCUT2D eigenvalue weighted by atomic mass is 10.2. The lowest BCUT2D eigenvalue weighted by Gasteiger charge is -2.15. The van der Waals surface area contributed by atoms with Crippen molar-refractivity contribution in [2.45, 2.75) is 32.8 Å². The molecule has 0 bridgehead atoms. The molecule has 0 saturated heterocycles. The Morgan fingerprint density at radius 1 is 1.10 bits per heavy atom. The third-order valence-electron chi connectivity index (χ3n) is 4.14. The van der Waals surface area contributed by atoms with Crippen LogP contribution in [0.15, 0.2) is 42.5 Å². The van der Waals surface area contributed by atoms with Gasteiger partial charge in [0.15, 0.2) is 6.10 Å². The van der Waals surface area contributed by atoms with E-state index in [1.165, 1.54) is 6.92 Å². The number of hydrogen-bond acceptors (Lipinski definition) is 5. The van der Waals surface area contributed by atoms with E-state index in [0.717, 1.165) is 12.1 Å². The van der Waals surface area contributed by atoms with E-state index in [2.05, 4.69) is 10.6 Å². The number of anilines is 1. The van der Waals surface area contributed by atoms with Crippen molar-refractivity contribution in [3.63, 3.8) is 0 Å². The predicted octanol–water partition coefficient (Wildman–Crippen LogP) is 3.44. The van der Waals surface area contributed by atoms with Gasteiger partial charge in [-0.05, 0) is 44.5 Å². The molecule has 0 heterocycles. The van der Waals surface area contributed by atoms with E-state index in [9.17, 15) is 23.2 Å². The molecule has 2 aromatic rings. The van der Waals surface area contributed by atoms with Gasteiger partial charge < -0.3 is 20.1 Å². The maximum absolute atomic E-state index is 13.6. The summed E-state index contributed by atoms with van der Waals surface area (Å²) in [5.41, 5.74) is 0.176. The Kier molecular flexibility index (Phi) is 8.93. The van der Waals surface area contributed by atoms with E-state index in [1.807, 2.05) is 6.92 Å². The molecule has 0 aliphatic carbocycles. The van der Waals surface area contributed by atoms with Crippen molar-refractivity contribution < 1.29 is 32.6 Å². The van der Waals surface area contributed by atoms with Gasteiger partial charge in [-0.15, -0.1) is 0 Å². The van der Waals surface area contributed by atoms with Gasteiger partial charge in [-0.25, -0.2) is 8.78 Å². The Bertz CT molecular complexity index is 936. The van der Waals surface area contributed by atoms with Gasteiger partial charge in [0, 0.05) is 19.0 Å². The molecule has 2 N–H and O–H groups in total. The number of amides is 2. The number of benzene rings is 2. The third kappa shape index (κ3) is 7.36. The van der Waals surface area contributed by atoms with Crippen molar-refractivity contribution >= 4 is 23.5 Å². The molecule has 0 fully saturated rings. The Hall–Kier alpha value is -3.49. The summed E-state index contributed by atoms with van der Waals surface area (Å²) in [7, 11) is 0. The highest BCUT2D eigenvalue weighted by atomic mass is 19.1. The third-order valence-corrected chi connectivity index (χ3v) is 4.14. The van der Waals surface area contributed by atoms with Gasteiger partial charge in [-0.2, -0.15) is 0 Å². The summed E-state index contributed by atoms with van der Waals surface area (Å²) in [4.78, 5) is 36.1. The Balaban J connectivity index is 1.74. The van der Waals surface area contributed by atoms with Gasteiger partial charge in [0.25, 0.3) is 11.8 Å². The first kappa shape index (κ1) is 23.8. The van der Waals surface area contributed by atoms with Crippen molar-refractivity contribution in [3.8, 4) is 5.75 Å². The quantitative estimate of drug-likeness (QED) is 0.441. The van der Waals surface area contributed by atoms with Crippen LogP contribution in [0.2, 0.25) is 0 Å². The van der Waals surface area contributed by atoms with E-state index >= 15 is 0 Å². The van der Waals surface area contributed by atoms with Crippen LogP contribution in [0.25, 0.3) is 0 Å². The normalized spacial score (nSPS) is 11.4. The van der Waals surface area contributed by atoms with Crippen molar-refractivity contribution in [1.82, 2.24) is 5.32 Å². The minimum Gasteiger partial charge on any atom is -0.492 e. The van der Waals surface area contributed by atoms with Gasteiger partial charge in [0.2, 0.25) is 0 Å². The van der Waals surface area contributed by atoms with Crippen LogP contribution >= 0.6 is 0 Å². The molecule has 0 spiro atoms. The molecule has 2 amide bonds. The summed E-state index contributed by atoms with van der Waals surface area (Å²) < 4.78 is 37.0. The number of halogens is 2. The van der Waals surface area contributed by atoms with E-state index in [-0.39, 0.29) is 24.9 Å². The van der Waals surface area contributed by atoms with E-state index in [1.54, 1.807) is 24.3 Å². The SMILES string of the molecule is CCOc1ccccc1NC(=O)C(C)OC(=O)CCCNC(=O)c1ccc(F)cc1F. The van der Waals surface area contributed by atoms with Crippen molar-refractivity contribution in [2.75, 3.05) is 18.5 Å². The lowest BCUT2D eigenvalue weighted by molar-refractivity contribution is -0.153. The second-order valence-electron chi connectivity index (χ2n) is 6.53. The number of rotatable bonds is 10. The second kappa shape index (κ2) is 11.6. The molecule has 9 heteroatoms. The average molecular weight is 434 g/mol. The molecule has 0 saturated carbocycles. The van der Waals surface area contributed by atoms with Crippen molar-refractivity contribution in [2.24, 2.45) is 0 Å². The molecule has 1 unspecified atom stereocenters. The van der Waals surface area contributed by atoms with Gasteiger partial charge in [0.1, 0.15) is 17.4 Å². The van der Waals surface area contributed by atoms with Gasteiger partial charge in [-0.1, -0.05) is 12.1 Å². The number of carbonyl (C=O) groups is 3. The summed E-state index contributed by atoms with van der Waals surface area (Å²) in [5.74, 6) is -3.10. The number of nitrogens with one attached hydrogen (secondary N) is 2. The molecule has 0 aromatic heterocycles. The van der Waals surface area contributed by atoms with Gasteiger partial charge in [0.05, 0.1) is 17.9 Å². The second-order valence-corrected chi connectivity index (χ2v) is 6.53. The lowest BCUT2D eigenvalue weighted by Crippen LogP contribution is -2.30. The molecular weight excluding hydrogens is 410 g/mol. The fourth-order valence-corrected chi connectivity index (χ4v) is 2.60. The van der Waals surface area contributed by atoms with E-state index in [0.29, 0.717) is 24.1 Å². The van der Waals surface area contributed by atoms with Crippen molar-refractivity contribution in [1.29, 1.82) is 0 Å². The van der Waals surface area contributed by atoms with Crippen molar-refractivity contribution in [3.05, 3.63) is 59.7 Å². The molecule has 0 aliphatic rings. The highest BCUT2D eigenvalue weighted by Gasteiger charge is 2.19. The standard InChI is InChI=1S/C22H24F2N2O5/c1-3-30-19-8-5-4-7-18(19)26-21(28)14(2)31-20(27)9-6-12-25-22(29)16-11-10-15(23)13-17(16)24/h4-5,7-8,10-11,13-14H,3,6,9,12H2,1-2H3,(H,25,29)(H,26,28). The molecule has 166 valence electrons. The summed E-state index contributed by atoms with van der Waals surface area (Å²) in [6.45, 7) is 3.77. The zero-order chi connectivity index (χ0) is 22.8. The van der Waals surface area contributed by atoms with Crippen LogP contribution in [0.5, 0.6) is 5.75 Å². The molecular formula is C22H24F2N2O5. The van der Waals surface area contributed by atoms with E-state index in [4.69, 9.17) is 9.47 Å². The average Bonchev–Trinajstić information content (AvgIpc) is 2.72. The topological polar surface area (TPSA) is 93.7 Å². The molecule has 31 heavy (non-hydrogen) atoms. The van der Waals surface area contributed by atoms with Gasteiger partial charge in [-0.3, -0.25) is 14.4 Å². The number of para-hydroxylation sites is 2. The molecule has 0 aliphatic heterocycles. The highest BCUT2D eigenvalue weighted by Crippen LogP contribution is 2.24. The largest absolute Gasteiger partial charge is 0.492 e. The van der Waals surface area contributed by atoms with Crippen LogP contribution in [0, 0.1) is 11.6 Å². The minimum atomic E-state index is -1.04. The summed E-state index contributed by atoms with van der Waals surface area (Å²) in [5, 5.41) is 5.09. The van der Waals surface area contributed by atoms with Crippen LogP contribution < -0.4 is 15.4 Å². The fraction of sp³-hybridized carbons (Fsp3) is 0.318. The van der Waals surface area contributed by atoms with Crippen LogP contribution in [0.4, 0.5) is 14.5 Å².